The molecule has 4 rings (SSSR count). The lowest BCUT2D eigenvalue weighted by Crippen LogP contribution is -2.08. The van der Waals surface area contributed by atoms with E-state index in [1.165, 1.54) is 17.3 Å². The van der Waals surface area contributed by atoms with Crippen LogP contribution in [0.3, 0.4) is 0 Å². The maximum absolute atomic E-state index is 12.8. The Bertz CT molecular complexity index is 1190. The summed E-state index contributed by atoms with van der Waals surface area (Å²) in [5, 5.41) is 9.18. The van der Waals surface area contributed by atoms with Gasteiger partial charge in [-0.05, 0) is 56.2 Å². The fourth-order valence-electron chi connectivity index (χ4n) is 3.40. The van der Waals surface area contributed by atoms with Crippen LogP contribution in [0.2, 0.25) is 5.02 Å². The Hall–Kier alpha value is -2.90. The molecule has 0 unspecified atom stereocenters. The first-order chi connectivity index (χ1) is 15.0. The molecular formula is C23H21ClN4O2S. The Morgan fingerprint density at radius 3 is 2.58 bits per heavy atom. The maximum atomic E-state index is 12.8. The van der Waals surface area contributed by atoms with Crippen molar-refractivity contribution >= 4 is 29.1 Å². The van der Waals surface area contributed by atoms with E-state index < -0.39 is 0 Å². The van der Waals surface area contributed by atoms with E-state index in [0.29, 0.717) is 11.1 Å². The van der Waals surface area contributed by atoms with Gasteiger partial charge in [0.15, 0.2) is 5.78 Å². The molecule has 0 atom stereocenters. The molecule has 4 aromatic rings. The number of pyridine rings is 1. The molecule has 0 aliphatic carbocycles. The lowest BCUT2D eigenvalue weighted by Gasteiger charge is -2.10. The van der Waals surface area contributed by atoms with Crippen LogP contribution < -0.4 is 0 Å². The lowest BCUT2D eigenvalue weighted by molar-refractivity contribution is 0.102. The number of hydrogen-bond donors (Lipinski definition) is 0. The predicted molar refractivity (Wildman–Crippen MR) is 122 cm³/mol. The second-order valence-electron chi connectivity index (χ2n) is 7.13. The number of Topliss-reactive ketones (excluding diaryl/α,β-unsaturated/α-hetero) is 1. The zero-order valence-electron chi connectivity index (χ0n) is 17.2. The van der Waals surface area contributed by atoms with Crippen molar-refractivity contribution in [2.75, 3.05) is 5.75 Å². The van der Waals surface area contributed by atoms with Crippen LogP contribution in [0.4, 0.5) is 0 Å². The molecule has 0 aliphatic heterocycles. The quantitative estimate of drug-likeness (QED) is 0.262. The molecule has 1 aromatic carbocycles. The van der Waals surface area contributed by atoms with Gasteiger partial charge in [-0.15, -0.1) is 10.2 Å². The van der Waals surface area contributed by atoms with E-state index in [1.54, 1.807) is 24.5 Å². The third kappa shape index (κ3) is 5.06. The third-order valence-electron chi connectivity index (χ3n) is 5.07. The normalized spacial score (nSPS) is 11.1. The summed E-state index contributed by atoms with van der Waals surface area (Å²) in [7, 11) is 0. The van der Waals surface area contributed by atoms with Crippen LogP contribution >= 0.6 is 23.4 Å². The van der Waals surface area contributed by atoms with Gasteiger partial charge in [-0.25, -0.2) is 0 Å². The Kier molecular flexibility index (Phi) is 6.53. The standard InChI is InChI=1S/C23H21ClN4O2S/c1-15-13-20(16(2)28(15)12-9-17-3-5-19(24)6-4-17)21(29)14-31-23-27-26-22(30-23)18-7-10-25-11-8-18/h3-8,10-11,13H,9,12,14H2,1-2H3. The number of aromatic nitrogens is 4. The zero-order chi connectivity index (χ0) is 21.8. The Labute approximate surface area is 189 Å². The van der Waals surface area contributed by atoms with Gasteiger partial charge >= 0.3 is 0 Å². The van der Waals surface area contributed by atoms with E-state index in [1.807, 2.05) is 44.2 Å². The number of carbonyl (C=O) groups excluding carboxylic acids is 1. The number of halogens is 1. The van der Waals surface area contributed by atoms with Crippen LogP contribution in [0.25, 0.3) is 11.5 Å². The Balaban J connectivity index is 1.39. The second-order valence-corrected chi connectivity index (χ2v) is 8.50. The average molecular weight is 453 g/mol. The zero-order valence-corrected chi connectivity index (χ0v) is 18.8. The van der Waals surface area contributed by atoms with Gasteiger partial charge in [-0.3, -0.25) is 9.78 Å². The van der Waals surface area contributed by atoms with Gasteiger partial charge in [0, 0.05) is 46.5 Å². The molecule has 0 N–H and O–H groups in total. The van der Waals surface area contributed by atoms with Crippen molar-refractivity contribution in [1.82, 2.24) is 19.7 Å². The summed E-state index contributed by atoms with van der Waals surface area (Å²) in [6.07, 6.45) is 4.20. The van der Waals surface area contributed by atoms with Crippen molar-refractivity contribution in [1.29, 1.82) is 0 Å². The average Bonchev–Trinajstić information content (AvgIpc) is 3.37. The topological polar surface area (TPSA) is 73.8 Å². The third-order valence-corrected chi connectivity index (χ3v) is 6.14. The van der Waals surface area contributed by atoms with E-state index in [9.17, 15) is 4.79 Å². The first kappa shape index (κ1) is 21.3. The summed E-state index contributed by atoms with van der Waals surface area (Å²) in [4.78, 5) is 16.8. The molecule has 0 saturated carbocycles. The highest BCUT2D eigenvalue weighted by Gasteiger charge is 2.18. The summed E-state index contributed by atoms with van der Waals surface area (Å²) in [6.45, 7) is 4.82. The summed E-state index contributed by atoms with van der Waals surface area (Å²) in [6, 6.07) is 13.4. The molecule has 0 saturated heterocycles. The van der Waals surface area contributed by atoms with Crippen LogP contribution in [0.5, 0.6) is 0 Å². The van der Waals surface area contributed by atoms with Gasteiger partial charge in [0.1, 0.15) is 0 Å². The molecule has 0 radical (unpaired) electrons. The highest BCUT2D eigenvalue weighted by Crippen LogP contribution is 2.25. The van der Waals surface area contributed by atoms with Gasteiger partial charge < -0.3 is 8.98 Å². The number of carbonyl (C=O) groups is 1. The molecule has 8 heteroatoms. The summed E-state index contributed by atoms with van der Waals surface area (Å²) in [5.74, 6) is 0.691. The molecule has 6 nitrogen and oxygen atoms in total. The minimum absolute atomic E-state index is 0.0412. The number of ketones is 1. The molecule has 0 fully saturated rings. The molecule has 0 bridgehead atoms. The number of aryl methyl sites for hydroxylation is 2. The minimum atomic E-state index is 0.0412. The van der Waals surface area contributed by atoms with Crippen LogP contribution in [-0.4, -0.2) is 31.3 Å². The fraction of sp³-hybridized carbons (Fsp3) is 0.217. The second kappa shape index (κ2) is 9.49. The maximum Gasteiger partial charge on any atom is 0.277 e. The van der Waals surface area contributed by atoms with Crippen molar-refractivity contribution in [3.05, 3.63) is 82.4 Å². The molecular weight excluding hydrogens is 432 g/mol. The van der Waals surface area contributed by atoms with E-state index in [0.717, 1.165) is 40.5 Å². The van der Waals surface area contributed by atoms with Crippen molar-refractivity contribution in [3.8, 4) is 11.5 Å². The van der Waals surface area contributed by atoms with Crippen molar-refractivity contribution in [2.24, 2.45) is 0 Å². The number of hydrogen-bond acceptors (Lipinski definition) is 6. The fourth-order valence-corrected chi connectivity index (χ4v) is 4.18. The highest BCUT2D eigenvalue weighted by molar-refractivity contribution is 7.99. The van der Waals surface area contributed by atoms with Gasteiger partial charge in [0.25, 0.3) is 5.22 Å². The van der Waals surface area contributed by atoms with Crippen molar-refractivity contribution < 1.29 is 9.21 Å². The van der Waals surface area contributed by atoms with E-state index >= 15 is 0 Å². The summed E-state index contributed by atoms with van der Waals surface area (Å²) < 4.78 is 7.84. The Morgan fingerprint density at radius 2 is 1.84 bits per heavy atom. The van der Waals surface area contributed by atoms with Crippen LogP contribution in [-0.2, 0) is 13.0 Å². The molecule has 31 heavy (non-hydrogen) atoms. The molecule has 0 spiro atoms. The van der Waals surface area contributed by atoms with E-state index in [4.69, 9.17) is 16.0 Å². The molecule has 0 aliphatic rings. The summed E-state index contributed by atoms with van der Waals surface area (Å²) >= 11 is 7.21. The largest absolute Gasteiger partial charge is 0.411 e. The van der Waals surface area contributed by atoms with Crippen LogP contribution in [0.15, 0.2) is 64.5 Å². The number of benzene rings is 1. The van der Waals surface area contributed by atoms with Gasteiger partial charge in [0.2, 0.25) is 5.89 Å². The highest BCUT2D eigenvalue weighted by atomic mass is 35.5. The van der Waals surface area contributed by atoms with Crippen molar-refractivity contribution in [2.45, 2.75) is 32.0 Å². The smallest absolute Gasteiger partial charge is 0.277 e. The van der Waals surface area contributed by atoms with Crippen LogP contribution in [0, 0.1) is 13.8 Å². The predicted octanol–water partition coefficient (Wildman–Crippen LogP) is 5.42. The van der Waals surface area contributed by atoms with Gasteiger partial charge in [0.05, 0.1) is 5.75 Å². The monoisotopic (exact) mass is 452 g/mol. The summed E-state index contributed by atoms with van der Waals surface area (Å²) in [5.41, 5.74) is 4.78. The number of nitrogens with zero attached hydrogens (tertiary/aromatic N) is 4. The number of thioether (sulfide) groups is 1. The molecule has 0 amide bonds. The molecule has 3 heterocycles. The number of rotatable bonds is 8. The molecule has 3 aromatic heterocycles. The minimum Gasteiger partial charge on any atom is -0.411 e. The van der Waals surface area contributed by atoms with E-state index in [-0.39, 0.29) is 11.5 Å². The first-order valence-electron chi connectivity index (χ1n) is 9.82. The van der Waals surface area contributed by atoms with Crippen molar-refractivity contribution in [3.63, 3.8) is 0 Å². The SMILES string of the molecule is Cc1cc(C(=O)CSc2nnc(-c3ccncc3)o2)c(C)n1CCc1ccc(Cl)cc1. The Morgan fingerprint density at radius 1 is 1.10 bits per heavy atom. The van der Waals surface area contributed by atoms with Crippen LogP contribution in [0.1, 0.15) is 27.3 Å². The van der Waals surface area contributed by atoms with Gasteiger partial charge in [-0.2, -0.15) is 0 Å². The van der Waals surface area contributed by atoms with E-state index in [2.05, 4.69) is 19.7 Å². The van der Waals surface area contributed by atoms with Gasteiger partial charge in [-0.1, -0.05) is 35.5 Å². The first-order valence-corrected chi connectivity index (χ1v) is 11.2. The molecule has 158 valence electrons. The lowest BCUT2D eigenvalue weighted by atomic mass is 10.1.